The molecule has 0 unspecified atom stereocenters. The average molecular weight is 481 g/mol. The van der Waals surface area contributed by atoms with Gasteiger partial charge in [-0.15, -0.1) is 0 Å². The summed E-state index contributed by atoms with van der Waals surface area (Å²) >= 11 is 10.0. The van der Waals surface area contributed by atoms with E-state index >= 15 is 0 Å². The van der Waals surface area contributed by atoms with E-state index in [1.165, 1.54) is 0 Å². The zero-order chi connectivity index (χ0) is 19.8. The fraction of sp³-hybridized carbons (Fsp3) is 0.105. The molecule has 2 amide bonds. The Hall–Kier alpha value is -2.29. The van der Waals surface area contributed by atoms with Crippen LogP contribution in [-0.4, -0.2) is 35.2 Å². The summed E-state index contributed by atoms with van der Waals surface area (Å²) in [5.41, 5.74) is 1.05. The molecular formula is C19H11BrClNO5S. The third kappa shape index (κ3) is 3.67. The van der Waals surface area contributed by atoms with Crippen LogP contribution in [0.3, 0.4) is 0 Å². The van der Waals surface area contributed by atoms with Crippen molar-refractivity contribution in [3.05, 3.63) is 61.9 Å². The van der Waals surface area contributed by atoms with Gasteiger partial charge in [-0.05, 0) is 59.8 Å². The summed E-state index contributed by atoms with van der Waals surface area (Å²) in [5.74, 6) is 0.309. The molecule has 9 heteroatoms. The van der Waals surface area contributed by atoms with Crippen molar-refractivity contribution in [2.75, 3.05) is 13.3 Å². The minimum Gasteiger partial charge on any atom is -0.454 e. The maximum atomic E-state index is 12.7. The van der Waals surface area contributed by atoms with E-state index in [1.807, 2.05) is 0 Å². The highest BCUT2D eigenvalue weighted by atomic mass is 79.9. The number of carbonyl (C=O) groups is 3. The van der Waals surface area contributed by atoms with Crippen LogP contribution in [0.1, 0.15) is 15.9 Å². The summed E-state index contributed by atoms with van der Waals surface area (Å²) < 4.78 is 11.3. The zero-order valence-electron chi connectivity index (χ0n) is 14.1. The second-order valence-electron chi connectivity index (χ2n) is 5.92. The Morgan fingerprint density at radius 3 is 2.57 bits per heavy atom. The number of Topliss-reactive ketones (excluding diaryl/α,β-unsaturated/α-hetero) is 1. The molecular weight excluding hydrogens is 470 g/mol. The van der Waals surface area contributed by atoms with Crippen LogP contribution in [-0.2, 0) is 4.79 Å². The molecule has 0 bridgehead atoms. The van der Waals surface area contributed by atoms with Gasteiger partial charge in [-0.1, -0.05) is 27.5 Å². The summed E-state index contributed by atoms with van der Waals surface area (Å²) in [5, 5.41) is 0.00961. The topological polar surface area (TPSA) is 72.9 Å². The van der Waals surface area contributed by atoms with Gasteiger partial charge < -0.3 is 9.47 Å². The Labute approximate surface area is 177 Å². The lowest BCUT2D eigenvalue weighted by Gasteiger charge is -2.11. The SMILES string of the molecule is O=C(CN1C(=O)SC(=Cc2cc3c(cc2Br)OCO3)C1=O)c1ccc(Cl)cc1. The largest absolute Gasteiger partial charge is 0.454 e. The molecule has 6 nitrogen and oxygen atoms in total. The molecule has 2 aliphatic heterocycles. The van der Waals surface area contributed by atoms with Gasteiger partial charge in [0, 0.05) is 15.1 Å². The van der Waals surface area contributed by atoms with Crippen molar-refractivity contribution in [3.63, 3.8) is 0 Å². The third-order valence-corrected chi connectivity index (χ3v) is 5.97. The molecule has 2 heterocycles. The summed E-state index contributed by atoms with van der Waals surface area (Å²) in [4.78, 5) is 38.5. The van der Waals surface area contributed by atoms with E-state index in [0.29, 0.717) is 32.1 Å². The number of carbonyl (C=O) groups excluding carboxylic acids is 3. The summed E-state index contributed by atoms with van der Waals surface area (Å²) in [6, 6.07) is 9.74. The maximum Gasteiger partial charge on any atom is 0.293 e. The van der Waals surface area contributed by atoms with Crippen molar-refractivity contribution < 1.29 is 23.9 Å². The number of ether oxygens (including phenoxy) is 2. The molecule has 28 heavy (non-hydrogen) atoms. The molecule has 1 fully saturated rings. The monoisotopic (exact) mass is 479 g/mol. The number of hydrogen-bond acceptors (Lipinski definition) is 6. The number of fused-ring (bicyclic) bond motifs is 1. The molecule has 2 aromatic carbocycles. The minimum atomic E-state index is -0.512. The first-order valence-electron chi connectivity index (χ1n) is 8.05. The Balaban J connectivity index is 1.55. The zero-order valence-corrected chi connectivity index (χ0v) is 17.3. The highest BCUT2D eigenvalue weighted by Crippen LogP contribution is 2.39. The molecule has 0 aliphatic carbocycles. The molecule has 2 aliphatic rings. The van der Waals surface area contributed by atoms with Crippen LogP contribution >= 0.6 is 39.3 Å². The molecule has 0 aromatic heterocycles. The first kappa shape index (κ1) is 19.0. The van der Waals surface area contributed by atoms with Crippen molar-refractivity contribution in [3.8, 4) is 11.5 Å². The van der Waals surface area contributed by atoms with Gasteiger partial charge >= 0.3 is 0 Å². The molecule has 4 rings (SSSR count). The van der Waals surface area contributed by atoms with E-state index in [0.717, 1.165) is 16.7 Å². The summed E-state index contributed by atoms with van der Waals surface area (Å²) in [6.45, 7) is -0.194. The standard InChI is InChI=1S/C19H11BrClNO5S/c20-13-7-16-15(26-9-27-16)5-11(13)6-17-18(24)22(19(25)28-17)8-14(23)10-1-3-12(21)4-2-10/h1-7H,8-9H2. The van der Waals surface area contributed by atoms with Crippen LogP contribution in [0.25, 0.3) is 6.08 Å². The third-order valence-electron chi connectivity index (χ3n) is 4.12. The highest BCUT2D eigenvalue weighted by Gasteiger charge is 2.36. The predicted octanol–water partition coefficient (Wildman–Crippen LogP) is 4.75. The van der Waals surface area contributed by atoms with Gasteiger partial charge in [0.15, 0.2) is 17.3 Å². The van der Waals surface area contributed by atoms with Gasteiger partial charge in [-0.25, -0.2) is 0 Å². The minimum absolute atomic E-state index is 0.133. The Morgan fingerprint density at radius 2 is 1.86 bits per heavy atom. The van der Waals surface area contributed by atoms with E-state index in [-0.39, 0.29) is 24.0 Å². The van der Waals surface area contributed by atoms with Crippen LogP contribution in [0.4, 0.5) is 4.79 Å². The molecule has 1 saturated heterocycles. The summed E-state index contributed by atoms with van der Waals surface area (Å²) in [7, 11) is 0. The molecule has 2 aromatic rings. The number of halogens is 2. The number of benzene rings is 2. The van der Waals surface area contributed by atoms with Crippen molar-refractivity contribution in [2.45, 2.75) is 0 Å². The lowest BCUT2D eigenvalue weighted by Crippen LogP contribution is -2.33. The van der Waals surface area contributed by atoms with E-state index in [4.69, 9.17) is 21.1 Å². The van der Waals surface area contributed by atoms with Crippen LogP contribution in [0.2, 0.25) is 5.02 Å². The van der Waals surface area contributed by atoms with Crippen LogP contribution in [0.15, 0.2) is 45.8 Å². The number of hydrogen-bond donors (Lipinski definition) is 0. The smallest absolute Gasteiger partial charge is 0.293 e. The lowest BCUT2D eigenvalue weighted by atomic mass is 10.1. The number of ketones is 1. The van der Waals surface area contributed by atoms with E-state index in [1.54, 1.807) is 42.5 Å². The number of imide groups is 1. The first-order chi connectivity index (χ1) is 13.4. The summed E-state index contributed by atoms with van der Waals surface area (Å²) in [6.07, 6.45) is 1.59. The molecule has 0 saturated carbocycles. The lowest BCUT2D eigenvalue weighted by molar-refractivity contribution is -0.122. The number of rotatable bonds is 4. The van der Waals surface area contributed by atoms with Crippen LogP contribution in [0.5, 0.6) is 11.5 Å². The van der Waals surface area contributed by atoms with Crippen LogP contribution < -0.4 is 9.47 Å². The van der Waals surface area contributed by atoms with Gasteiger partial charge in [-0.3, -0.25) is 19.3 Å². The Kier molecular flexibility index (Phi) is 5.18. The number of thioether (sulfide) groups is 1. The fourth-order valence-electron chi connectivity index (χ4n) is 2.69. The predicted molar refractivity (Wildman–Crippen MR) is 109 cm³/mol. The first-order valence-corrected chi connectivity index (χ1v) is 10.0. The second kappa shape index (κ2) is 7.62. The van der Waals surface area contributed by atoms with Crippen molar-refractivity contribution >= 4 is 62.3 Å². The van der Waals surface area contributed by atoms with Gasteiger partial charge in [0.05, 0.1) is 11.4 Å². The second-order valence-corrected chi connectivity index (χ2v) is 8.21. The molecule has 0 radical (unpaired) electrons. The van der Waals surface area contributed by atoms with Crippen molar-refractivity contribution in [1.82, 2.24) is 4.90 Å². The van der Waals surface area contributed by atoms with Crippen molar-refractivity contribution in [1.29, 1.82) is 0 Å². The van der Waals surface area contributed by atoms with Crippen molar-refractivity contribution in [2.24, 2.45) is 0 Å². The van der Waals surface area contributed by atoms with Gasteiger partial charge in [0.2, 0.25) is 6.79 Å². The highest BCUT2D eigenvalue weighted by molar-refractivity contribution is 9.10. The fourth-order valence-corrected chi connectivity index (χ4v) is 4.08. The Morgan fingerprint density at radius 1 is 1.18 bits per heavy atom. The van der Waals surface area contributed by atoms with E-state index < -0.39 is 11.1 Å². The molecule has 0 N–H and O–H groups in total. The molecule has 0 spiro atoms. The molecule has 142 valence electrons. The van der Waals surface area contributed by atoms with Gasteiger partial charge in [0.25, 0.3) is 11.1 Å². The van der Waals surface area contributed by atoms with Gasteiger partial charge in [0.1, 0.15) is 0 Å². The van der Waals surface area contributed by atoms with E-state index in [9.17, 15) is 14.4 Å². The van der Waals surface area contributed by atoms with Crippen LogP contribution in [0, 0.1) is 0 Å². The normalized spacial score (nSPS) is 16.9. The average Bonchev–Trinajstić information content (AvgIpc) is 3.22. The van der Waals surface area contributed by atoms with Gasteiger partial charge in [-0.2, -0.15) is 0 Å². The Bertz CT molecular complexity index is 1040. The number of nitrogens with zero attached hydrogens (tertiary/aromatic N) is 1. The maximum absolute atomic E-state index is 12.7. The molecule has 0 atom stereocenters. The van der Waals surface area contributed by atoms with E-state index in [2.05, 4.69) is 15.9 Å². The quantitative estimate of drug-likeness (QED) is 0.464. The number of amides is 2.